The Labute approximate surface area is 200 Å². The van der Waals surface area contributed by atoms with Crippen molar-refractivity contribution in [1.82, 2.24) is 9.80 Å². The van der Waals surface area contributed by atoms with Crippen molar-refractivity contribution < 1.29 is 28.2 Å². The molecule has 1 heterocycles. The van der Waals surface area contributed by atoms with E-state index in [1.54, 1.807) is 35.2 Å². The lowest BCUT2D eigenvalue weighted by molar-refractivity contribution is -0.134. The van der Waals surface area contributed by atoms with Crippen molar-refractivity contribution in [3.05, 3.63) is 53.3 Å². The first-order chi connectivity index (χ1) is 16.5. The fraction of sp³-hybridized carbons (Fsp3) is 0.462. The highest BCUT2D eigenvalue weighted by atomic mass is 19.1. The Hall–Kier alpha value is -3.29. The van der Waals surface area contributed by atoms with E-state index in [-0.39, 0.29) is 30.7 Å². The zero-order valence-electron chi connectivity index (χ0n) is 20.1. The van der Waals surface area contributed by atoms with Gasteiger partial charge in [0.05, 0.1) is 13.7 Å². The normalized spacial score (nSPS) is 13.4. The number of carbonyl (C=O) groups excluding carboxylic acids is 2. The molecule has 0 spiro atoms. The van der Waals surface area contributed by atoms with Gasteiger partial charge < -0.3 is 24.0 Å². The molecule has 3 rings (SSSR count). The van der Waals surface area contributed by atoms with Gasteiger partial charge in [0.1, 0.15) is 0 Å². The van der Waals surface area contributed by atoms with Crippen molar-refractivity contribution in [2.45, 2.75) is 39.7 Å². The molecule has 2 aromatic carbocycles. The fourth-order valence-corrected chi connectivity index (χ4v) is 3.94. The highest BCUT2D eigenvalue weighted by Gasteiger charge is 2.20. The Morgan fingerprint density at radius 3 is 2.35 bits per heavy atom. The average Bonchev–Trinajstić information content (AvgIpc) is 2.86. The molecule has 0 aliphatic carbocycles. The Balaban J connectivity index is 1.70. The zero-order valence-corrected chi connectivity index (χ0v) is 20.1. The summed E-state index contributed by atoms with van der Waals surface area (Å²) in [7, 11) is 1.41. The number of halogens is 1. The first-order valence-corrected chi connectivity index (χ1v) is 11.8. The molecule has 0 unspecified atom stereocenters. The van der Waals surface area contributed by atoms with Crippen LogP contribution in [-0.4, -0.2) is 61.6 Å². The molecule has 0 atom stereocenters. The number of hydrogen-bond donors (Lipinski definition) is 0. The van der Waals surface area contributed by atoms with Gasteiger partial charge in [0, 0.05) is 31.7 Å². The minimum Gasteiger partial charge on any atom is -0.494 e. The zero-order chi connectivity index (χ0) is 24.5. The van der Waals surface area contributed by atoms with Crippen LogP contribution in [0.4, 0.5) is 4.39 Å². The molecule has 34 heavy (non-hydrogen) atoms. The summed E-state index contributed by atoms with van der Waals surface area (Å²) in [5.74, 6) is 0.258. The largest absolute Gasteiger partial charge is 0.494 e. The van der Waals surface area contributed by atoms with Crippen molar-refractivity contribution in [3.8, 4) is 17.2 Å². The summed E-state index contributed by atoms with van der Waals surface area (Å²) in [5.41, 5.74) is 1.09. The molecule has 7 nitrogen and oxygen atoms in total. The molecular weight excluding hydrogens is 439 g/mol. The van der Waals surface area contributed by atoms with Crippen LogP contribution >= 0.6 is 0 Å². The van der Waals surface area contributed by atoms with E-state index in [0.717, 1.165) is 32.4 Å². The summed E-state index contributed by atoms with van der Waals surface area (Å²) in [6, 6.07) is 9.60. The molecule has 0 N–H and O–H groups in total. The molecule has 1 aliphatic heterocycles. The number of benzene rings is 2. The number of nitrogens with zero attached hydrogens (tertiary/aromatic N) is 2. The molecule has 0 bridgehead atoms. The summed E-state index contributed by atoms with van der Waals surface area (Å²) in [4.78, 5) is 29.1. The van der Waals surface area contributed by atoms with Gasteiger partial charge in [0.2, 0.25) is 0 Å². The standard InChI is InChI=1S/C26H33FN2O5/c1-4-28(17-19-9-11-22(32-3)21(27)15-19)26(31)20-10-12-23(24(16-20)33-5-2)34-18-25(30)29-13-7-6-8-14-29/h9-12,15-16H,4-8,13-14,17-18H2,1-3H3. The van der Waals surface area contributed by atoms with Crippen LogP contribution in [0.5, 0.6) is 17.2 Å². The van der Waals surface area contributed by atoms with Gasteiger partial charge in [-0.05, 0) is 69.0 Å². The maximum Gasteiger partial charge on any atom is 0.260 e. The first-order valence-electron chi connectivity index (χ1n) is 11.8. The lowest BCUT2D eigenvalue weighted by Gasteiger charge is -2.26. The molecular formula is C26H33FN2O5. The summed E-state index contributed by atoms with van der Waals surface area (Å²) in [6.07, 6.45) is 3.18. The molecule has 1 aliphatic rings. The smallest absolute Gasteiger partial charge is 0.260 e. The first kappa shape index (κ1) is 25.3. The topological polar surface area (TPSA) is 68.3 Å². The van der Waals surface area contributed by atoms with Crippen LogP contribution in [0, 0.1) is 5.82 Å². The van der Waals surface area contributed by atoms with Crippen LogP contribution < -0.4 is 14.2 Å². The van der Waals surface area contributed by atoms with E-state index >= 15 is 0 Å². The minimum absolute atomic E-state index is 0.0498. The van der Waals surface area contributed by atoms with E-state index in [4.69, 9.17) is 14.2 Å². The third-order valence-electron chi connectivity index (χ3n) is 5.81. The number of carbonyl (C=O) groups is 2. The van der Waals surface area contributed by atoms with Gasteiger partial charge in [-0.2, -0.15) is 0 Å². The molecule has 0 radical (unpaired) electrons. The van der Waals surface area contributed by atoms with Crippen LogP contribution in [0.1, 0.15) is 49.0 Å². The SMILES string of the molecule is CCOc1cc(C(=O)N(CC)Cc2ccc(OC)c(F)c2)ccc1OCC(=O)N1CCCCC1. The number of methoxy groups -OCH3 is 1. The van der Waals surface area contributed by atoms with Gasteiger partial charge in [-0.3, -0.25) is 9.59 Å². The Bertz CT molecular complexity index is 991. The van der Waals surface area contributed by atoms with E-state index in [2.05, 4.69) is 0 Å². The molecule has 1 saturated heterocycles. The summed E-state index contributed by atoms with van der Waals surface area (Å²) in [6.45, 7) is 6.24. The van der Waals surface area contributed by atoms with Crippen molar-refractivity contribution >= 4 is 11.8 Å². The van der Waals surface area contributed by atoms with Crippen LogP contribution in [0.15, 0.2) is 36.4 Å². The number of hydrogen-bond acceptors (Lipinski definition) is 5. The second kappa shape index (κ2) is 12.3. The van der Waals surface area contributed by atoms with Crippen molar-refractivity contribution in [2.75, 3.05) is 40.0 Å². The van der Waals surface area contributed by atoms with Crippen molar-refractivity contribution in [1.29, 1.82) is 0 Å². The summed E-state index contributed by atoms with van der Waals surface area (Å²) in [5, 5.41) is 0. The van der Waals surface area contributed by atoms with Gasteiger partial charge in [0.25, 0.3) is 11.8 Å². The second-order valence-electron chi connectivity index (χ2n) is 8.11. The lowest BCUT2D eigenvalue weighted by Crippen LogP contribution is -2.38. The molecule has 1 fully saturated rings. The van der Waals surface area contributed by atoms with E-state index < -0.39 is 5.82 Å². The highest BCUT2D eigenvalue weighted by Crippen LogP contribution is 2.29. The van der Waals surface area contributed by atoms with E-state index in [0.29, 0.717) is 35.8 Å². The summed E-state index contributed by atoms with van der Waals surface area (Å²) >= 11 is 0. The Kier molecular flexibility index (Phi) is 9.13. The molecule has 0 aromatic heterocycles. The highest BCUT2D eigenvalue weighted by molar-refractivity contribution is 5.95. The van der Waals surface area contributed by atoms with Gasteiger partial charge in [-0.25, -0.2) is 4.39 Å². The Morgan fingerprint density at radius 1 is 0.971 bits per heavy atom. The van der Waals surface area contributed by atoms with Gasteiger partial charge in [-0.1, -0.05) is 6.07 Å². The predicted molar refractivity (Wildman–Crippen MR) is 127 cm³/mol. The minimum atomic E-state index is -0.470. The molecule has 184 valence electrons. The number of ether oxygens (including phenoxy) is 3. The van der Waals surface area contributed by atoms with Crippen LogP contribution in [0.25, 0.3) is 0 Å². The van der Waals surface area contributed by atoms with E-state index in [9.17, 15) is 14.0 Å². The number of rotatable bonds is 10. The average molecular weight is 473 g/mol. The third kappa shape index (κ3) is 6.40. The number of piperidine rings is 1. The monoisotopic (exact) mass is 472 g/mol. The molecule has 8 heteroatoms. The molecule has 2 aromatic rings. The maximum absolute atomic E-state index is 14.1. The van der Waals surface area contributed by atoms with Crippen LogP contribution in [0.3, 0.4) is 0 Å². The van der Waals surface area contributed by atoms with E-state index in [1.165, 1.54) is 13.2 Å². The van der Waals surface area contributed by atoms with Gasteiger partial charge in [-0.15, -0.1) is 0 Å². The lowest BCUT2D eigenvalue weighted by atomic mass is 10.1. The third-order valence-corrected chi connectivity index (χ3v) is 5.81. The van der Waals surface area contributed by atoms with Crippen molar-refractivity contribution in [3.63, 3.8) is 0 Å². The van der Waals surface area contributed by atoms with Crippen molar-refractivity contribution in [2.24, 2.45) is 0 Å². The maximum atomic E-state index is 14.1. The number of amides is 2. The molecule has 0 saturated carbocycles. The Morgan fingerprint density at radius 2 is 1.71 bits per heavy atom. The van der Waals surface area contributed by atoms with Gasteiger partial charge >= 0.3 is 0 Å². The molecule has 2 amide bonds. The van der Waals surface area contributed by atoms with Crippen LogP contribution in [0.2, 0.25) is 0 Å². The number of likely N-dealkylation sites (tertiary alicyclic amines) is 1. The van der Waals surface area contributed by atoms with E-state index in [1.807, 2.05) is 18.7 Å². The quantitative estimate of drug-likeness (QED) is 0.516. The fourth-order valence-electron chi connectivity index (χ4n) is 3.94. The predicted octanol–water partition coefficient (Wildman–Crippen LogP) is 4.29. The summed E-state index contributed by atoms with van der Waals surface area (Å²) < 4.78 is 30.5. The van der Waals surface area contributed by atoms with Gasteiger partial charge in [0.15, 0.2) is 29.7 Å². The van der Waals surface area contributed by atoms with Crippen LogP contribution in [-0.2, 0) is 11.3 Å². The second-order valence-corrected chi connectivity index (χ2v) is 8.11.